The van der Waals surface area contributed by atoms with Crippen LogP contribution in [0.5, 0.6) is 17.5 Å². The van der Waals surface area contributed by atoms with Crippen LogP contribution in [0.1, 0.15) is 5.56 Å². The van der Waals surface area contributed by atoms with Crippen molar-refractivity contribution < 1.29 is 14.2 Å². The van der Waals surface area contributed by atoms with Crippen LogP contribution in [0.25, 0.3) is 11.2 Å². The minimum atomic E-state index is -0.338. The first kappa shape index (κ1) is 16.0. The third-order valence-corrected chi connectivity index (χ3v) is 3.97. The van der Waals surface area contributed by atoms with Crippen molar-refractivity contribution in [3.63, 3.8) is 0 Å². The number of imidazole rings is 1. The first-order valence-electron chi connectivity index (χ1n) is 7.98. The van der Waals surface area contributed by atoms with Crippen molar-refractivity contribution in [2.75, 3.05) is 26.1 Å². The summed E-state index contributed by atoms with van der Waals surface area (Å²) < 4.78 is 18.0. The Balaban J connectivity index is 1.90. The number of methoxy groups -OCH3 is 1. The van der Waals surface area contributed by atoms with Crippen LogP contribution in [0.15, 0.2) is 35.1 Å². The average molecular weight is 355 g/mol. The molecule has 0 fully saturated rings. The maximum atomic E-state index is 12.4. The summed E-state index contributed by atoms with van der Waals surface area (Å²) in [5.41, 5.74) is 7.19. The van der Waals surface area contributed by atoms with Crippen molar-refractivity contribution in [2.24, 2.45) is 0 Å². The largest absolute Gasteiger partial charge is 0.497 e. The molecule has 9 nitrogen and oxygen atoms in total. The normalized spacial score (nSPS) is 13.9. The lowest BCUT2D eigenvalue weighted by Crippen LogP contribution is -2.18. The molecule has 26 heavy (non-hydrogen) atoms. The highest BCUT2D eigenvalue weighted by Gasteiger charge is 2.15. The summed E-state index contributed by atoms with van der Waals surface area (Å²) in [6, 6.07) is 5.59. The summed E-state index contributed by atoms with van der Waals surface area (Å²) in [4.78, 5) is 23.5. The van der Waals surface area contributed by atoms with E-state index < -0.39 is 0 Å². The van der Waals surface area contributed by atoms with Crippen LogP contribution in [0.4, 0.5) is 5.82 Å². The van der Waals surface area contributed by atoms with E-state index >= 15 is 0 Å². The fourth-order valence-corrected chi connectivity index (χ4v) is 2.75. The van der Waals surface area contributed by atoms with Crippen LogP contribution < -0.4 is 25.6 Å². The number of hydrogen-bond acceptors (Lipinski definition) is 7. The number of rotatable bonds is 1. The second-order valence-corrected chi connectivity index (χ2v) is 5.72. The topological polar surface area (TPSA) is 117 Å². The third kappa shape index (κ3) is 2.94. The van der Waals surface area contributed by atoms with Gasteiger partial charge in [0.25, 0.3) is 0 Å². The highest BCUT2D eigenvalue weighted by Crippen LogP contribution is 2.25. The van der Waals surface area contributed by atoms with E-state index in [2.05, 4.69) is 15.0 Å². The van der Waals surface area contributed by atoms with Crippen molar-refractivity contribution in [1.29, 1.82) is 0 Å². The number of fused-ring (bicyclic) bond motifs is 3. The van der Waals surface area contributed by atoms with Gasteiger partial charge in [0.05, 0.1) is 13.7 Å². The van der Waals surface area contributed by atoms with Gasteiger partial charge >= 0.3 is 11.7 Å². The molecule has 0 unspecified atom stereocenters. The number of ether oxygens (including phenoxy) is 3. The number of nitrogens with two attached hydrogens (primary N) is 1. The van der Waals surface area contributed by atoms with E-state index in [0.717, 1.165) is 5.56 Å². The summed E-state index contributed by atoms with van der Waals surface area (Å²) >= 11 is 0. The molecular formula is C17H17N5O4. The van der Waals surface area contributed by atoms with E-state index in [0.29, 0.717) is 29.3 Å². The van der Waals surface area contributed by atoms with Gasteiger partial charge in [0.1, 0.15) is 30.2 Å². The summed E-state index contributed by atoms with van der Waals surface area (Å²) in [5, 5.41) is 0. The number of aromatic amines is 1. The minimum absolute atomic E-state index is 0.108. The zero-order valence-corrected chi connectivity index (χ0v) is 14.1. The predicted octanol–water partition coefficient (Wildman–Crippen LogP) is 1.09. The number of benzene rings is 1. The summed E-state index contributed by atoms with van der Waals surface area (Å²) in [7, 11) is 1.58. The molecule has 3 heterocycles. The first-order chi connectivity index (χ1) is 12.6. The van der Waals surface area contributed by atoms with Crippen molar-refractivity contribution >= 4 is 17.0 Å². The molecule has 0 saturated carbocycles. The monoisotopic (exact) mass is 355 g/mol. The molecule has 0 atom stereocenters. The van der Waals surface area contributed by atoms with Crippen molar-refractivity contribution in [3.8, 4) is 17.5 Å². The van der Waals surface area contributed by atoms with Crippen LogP contribution >= 0.6 is 0 Å². The molecule has 0 saturated heterocycles. The van der Waals surface area contributed by atoms with Gasteiger partial charge in [0.2, 0.25) is 0 Å². The highest BCUT2D eigenvalue weighted by atomic mass is 16.5. The number of anilines is 1. The minimum Gasteiger partial charge on any atom is -0.497 e. The van der Waals surface area contributed by atoms with Gasteiger partial charge in [-0.15, -0.1) is 0 Å². The van der Waals surface area contributed by atoms with Gasteiger partial charge in [0, 0.05) is 6.07 Å². The molecule has 0 spiro atoms. The van der Waals surface area contributed by atoms with Crippen LogP contribution in [0, 0.1) is 0 Å². The molecule has 4 bridgehead atoms. The number of nitrogen functional groups attached to an aromatic ring is 1. The maximum Gasteiger partial charge on any atom is 0.328 e. The molecule has 134 valence electrons. The van der Waals surface area contributed by atoms with Crippen LogP contribution in [-0.2, 0) is 6.54 Å². The fraction of sp³-hybridized carbons (Fsp3) is 0.235. The van der Waals surface area contributed by atoms with E-state index in [-0.39, 0.29) is 30.7 Å². The number of aromatic nitrogens is 4. The smallest absolute Gasteiger partial charge is 0.328 e. The summed E-state index contributed by atoms with van der Waals surface area (Å²) in [5.74, 6) is 1.44. The molecule has 0 aliphatic carbocycles. The van der Waals surface area contributed by atoms with Crippen LogP contribution in [0.2, 0.25) is 0 Å². The number of nitrogens with one attached hydrogen (secondary N) is 1. The molecule has 0 radical (unpaired) electrons. The van der Waals surface area contributed by atoms with E-state index in [9.17, 15) is 4.79 Å². The van der Waals surface area contributed by atoms with Gasteiger partial charge in [-0.1, -0.05) is 0 Å². The Morgan fingerprint density at radius 2 is 2.00 bits per heavy atom. The molecule has 2 aromatic heterocycles. The van der Waals surface area contributed by atoms with E-state index in [1.165, 1.54) is 4.57 Å². The Morgan fingerprint density at radius 1 is 1.19 bits per heavy atom. The van der Waals surface area contributed by atoms with Gasteiger partial charge in [-0.05, 0) is 29.8 Å². The molecule has 1 aliphatic heterocycles. The van der Waals surface area contributed by atoms with Crippen molar-refractivity contribution in [3.05, 3.63) is 46.4 Å². The Bertz CT molecular complexity index is 1050. The Kier molecular flexibility index (Phi) is 3.96. The zero-order valence-electron chi connectivity index (χ0n) is 14.1. The maximum absolute atomic E-state index is 12.4. The Hall–Kier alpha value is -3.49. The number of H-pyrrole nitrogens is 1. The lowest BCUT2D eigenvalue weighted by molar-refractivity contribution is 0.329. The molecule has 4 rings (SSSR count). The standard InChI is InChI=1S/C17H17N5O4/c1-24-11-6-10-7-12(8-11)25-4-2-3-5-26-16-20-14(18)13-15(21-16)22(9-10)17(23)19-13/h2-3,6-8H,4-5,9H2,1H3,(H,19,23)(H2,18,20,21). The van der Waals surface area contributed by atoms with Gasteiger partial charge in [-0.3, -0.25) is 4.57 Å². The van der Waals surface area contributed by atoms with E-state index in [1.807, 2.05) is 18.2 Å². The quantitative estimate of drug-likeness (QED) is 0.627. The third-order valence-electron chi connectivity index (χ3n) is 3.97. The highest BCUT2D eigenvalue weighted by molar-refractivity contribution is 5.81. The number of hydrogen-bond donors (Lipinski definition) is 2. The zero-order chi connectivity index (χ0) is 18.1. The van der Waals surface area contributed by atoms with Crippen molar-refractivity contribution in [2.45, 2.75) is 6.54 Å². The predicted molar refractivity (Wildman–Crippen MR) is 94.8 cm³/mol. The van der Waals surface area contributed by atoms with Gasteiger partial charge in [-0.2, -0.15) is 9.97 Å². The summed E-state index contributed by atoms with van der Waals surface area (Å²) in [6.07, 6.45) is 3.62. The molecule has 0 amide bonds. The average Bonchev–Trinajstić information content (AvgIpc) is 2.94. The van der Waals surface area contributed by atoms with Crippen LogP contribution in [0.3, 0.4) is 0 Å². The van der Waals surface area contributed by atoms with E-state index in [4.69, 9.17) is 19.9 Å². The van der Waals surface area contributed by atoms with Gasteiger partial charge < -0.3 is 24.9 Å². The van der Waals surface area contributed by atoms with E-state index in [1.54, 1.807) is 19.3 Å². The lowest BCUT2D eigenvalue weighted by atomic mass is 10.2. The molecule has 1 aliphatic rings. The van der Waals surface area contributed by atoms with Crippen molar-refractivity contribution in [1.82, 2.24) is 19.5 Å². The molecular weight excluding hydrogens is 338 g/mol. The Labute approximate surface area is 148 Å². The van der Waals surface area contributed by atoms with Gasteiger partial charge in [-0.25, -0.2) is 4.79 Å². The SMILES string of the molecule is COc1cc2cc(c1)OCC=CCOc1nc(N)c3[nH]c(=O)n(c3n1)C2. The Morgan fingerprint density at radius 3 is 2.81 bits per heavy atom. The number of nitrogens with zero attached hydrogens (tertiary/aromatic N) is 3. The first-order valence-corrected chi connectivity index (χ1v) is 7.98. The molecule has 3 N–H and O–H groups in total. The summed E-state index contributed by atoms with van der Waals surface area (Å²) in [6.45, 7) is 0.887. The second kappa shape index (κ2) is 6.43. The lowest BCUT2D eigenvalue weighted by Gasteiger charge is -2.11. The molecule has 9 heteroatoms. The van der Waals surface area contributed by atoms with Gasteiger partial charge in [0.15, 0.2) is 11.5 Å². The second-order valence-electron chi connectivity index (χ2n) is 5.72. The van der Waals surface area contributed by atoms with Crippen LogP contribution in [-0.4, -0.2) is 39.8 Å². The fourth-order valence-electron chi connectivity index (χ4n) is 2.75. The molecule has 3 aromatic rings. The molecule has 1 aromatic carbocycles.